The molecule has 0 radical (unpaired) electrons. The number of anilines is 1. The molecule has 3 aromatic rings. The molecule has 1 spiro atoms. The molecule has 3 aliphatic heterocycles. The van der Waals surface area contributed by atoms with Crippen LogP contribution in [-0.4, -0.2) is 51.3 Å². The van der Waals surface area contributed by atoms with E-state index in [1.807, 2.05) is 12.1 Å². The van der Waals surface area contributed by atoms with Crippen LogP contribution >= 0.6 is 11.8 Å². The fraction of sp³-hybridized carbons (Fsp3) is 0.269. The van der Waals surface area contributed by atoms with E-state index >= 15 is 0 Å². The van der Waals surface area contributed by atoms with E-state index in [9.17, 15) is 19.7 Å². The van der Waals surface area contributed by atoms with Gasteiger partial charge in [0.2, 0.25) is 5.91 Å². The molecule has 2 fully saturated rings. The third-order valence-electron chi connectivity index (χ3n) is 7.55. The Kier molecular flexibility index (Phi) is 5.31. The number of carbonyl (C=O) groups is 2. The first-order chi connectivity index (χ1) is 17.5. The molecule has 9 nitrogen and oxygen atoms in total. The van der Waals surface area contributed by atoms with E-state index in [0.717, 1.165) is 11.3 Å². The van der Waals surface area contributed by atoms with Crippen molar-refractivity contribution < 1.29 is 19.2 Å². The Morgan fingerprint density at radius 1 is 1.25 bits per heavy atom. The van der Waals surface area contributed by atoms with Gasteiger partial charge >= 0.3 is 0 Å². The van der Waals surface area contributed by atoms with Crippen LogP contribution < -0.4 is 10.1 Å². The fourth-order valence-electron chi connectivity index (χ4n) is 6.06. The van der Waals surface area contributed by atoms with Crippen molar-refractivity contribution >= 4 is 34.8 Å². The molecule has 4 heterocycles. The van der Waals surface area contributed by atoms with E-state index in [4.69, 9.17) is 4.74 Å². The molecular formula is C26H22N4O5S. The molecule has 1 amide bonds. The SMILES string of the molecule is COc1ccc2c(c1)[C@]1(C(=O)N2)[C@@H](C(=O)c2cccnc2)[C@@H](c2ccc([N+](=O)[O-])cc2)[C@H]2CSCN21. The molecule has 2 saturated heterocycles. The number of hydrogen-bond donors (Lipinski definition) is 1. The lowest BCUT2D eigenvalue weighted by atomic mass is 9.69. The number of ketones is 1. The van der Waals surface area contributed by atoms with E-state index in [-0.39, 0.29) is 29.3 Å². The topological polar surface area (TPSA) is 115 Å². The minimum absolute atomic E-state index is 0.0204. The standard InChI is InChI=1S/C26H22N4O5S/c1-35-18-8-9-20-19(11-18)26(25(32)28-20)23(24(31)16-3-2-10-27-12-16)22(21-13-36-14-29(21)26)15-4-6-17(7-5-15)30(33)34/h2-12,21-23H,13-14H2,1H3,(H,28,32)/t21-,22+,23-,26-/m1/s1. The normalized spacial score (nSPS) is 26.5. The number of non-ortho nitro benzene ring substituents is 1. The number of rotatable bonds is 5. The van der Waals surface area contributed by atoms with Gasteiger partial charge < -0.3 is 10.1 Å². The number of nitrogens with one attached hydrogen (secondary N) is 1. The van der Waals surface area contributed by atoms with Crippen molar-refractivity contribution in [2.45, 2.75) is 17.5 Å². The van der Waals surface area contributed by atoms with Gasteiger partial charge in [0.25, 0.3) is 5.69 Å². The van der Waals surface area contributed by atoms with Gasteiger partial charge in [-0.25, -0.2) is 0 Å². The van der Waals surface area contributed by atoms with Gasteiger partial charge in [-0.05, 0) is 35.9 Å². The summed E-state index contributed by atoms with van der Waals surface area (Å²) in [5, 5.41) is 14.3. The number of fused-ring (bicyclic) bond motifs is 4. The maximum Gasteiger partial charge on any atom is 0.269 e. The highest BCUT2D eigenvalue weighted by atomic mass is 32.2. The number of ether oxygens (including phenoxy) is 1. The van der Waals surface area contributed by atoms with Gasteiger partial charge in [0.15, 0.2) is 5.78 Å². The Labute approximate surface area is 211 Å². The number of carbonyl (C=O) groups excluding carboxylic acids is 2. The lowest BCUT2D eigenvalue weighted by Gasteiger charge is -2.36. The quantitative estimate of drug-likeness (QED) is 0.318. The molecule has 6 rings (SSSR count). The van der Waals surface area contributed by atoms with Crippen LogP contribution in [-0.2, 0) is 10.3 Å². The molecule has 2 aromatic carbocycles. The number of aromatic nitrogens is 1. The second kappa shape index (κ2) is 8.42. The van der Waals surface area contributed by atoms with E-state index in [1.54, 1.807) is 55.4 Å². The van der Waals surface area contributed by atoms with Crippen LogP contribution in [0, 0.1) is 16.0 Å². The number of amides is 1. The van der Waals surface area contributed by atoms with Crippen molar-refractivity contribution in [3.8, 4) is 5.75 Å². The summed E-state index contributed by atoms with van der Waals surface area (Å²) in [4.78, 5) is 45.5. The van der Waals surface area contributed by atoms with Gasteiger partial charge in [-0.3, -0.25) is 29.6 Å². The summed E-state index contributed by atoms with van der Waals surface area (Å²) in [6.07, 6.45) is 3.13. The van der Waals surface area contributed by atoms with Crippen LogP contribution in [0.5, 0.6) is 5.75 Å². The van der Waals surface area contributed by atoms with Crippen LogP contribution in [0.15, 0.2) is 67.0 Å². The number of nitro benzene ring substituents is 1. The number of pyridine rings is 1. The van der Waals surface area contributed by atoms with Gasteiger partial charge in [0, 0.05) is 64.9 Å². The van der Waals surface area contributed by atoms with Crippen molar-refractivity contribution in [2.24, 2.45) is 5.92 Å². The average Bonchev–Trinajstić information content (AvgIpc) is 3.57. The Balaban J connectivity index is 1.60. The molecule has 1 N–H and O–H groups in total. The van der Waals surface area contributed by atoms with Gasteiger partial charge in [0.05, 0.1) is 18.0 Å². The third kappa shape index (κ3) is 3.11. The zero-order chi connectivity index (χ0) is 25.0. The molecule has 4 atom stereocenters. The molecule has 36 heavy (non-hydrogen) atoms. The Morgan fingerprint density at radius 3 is 2.75 bits per heavy atom. The number of benzene rings is 2. The summed E-state index contributed by atoms with van der Waals surface area (Å²) in [5.41, 5.74) is 1.31. The van der Waals surface area contributed by atoms with Crippen molar-refractivity contribution in [3.63, 3.8) is 0 Å². The van der Waals surface area contributed by atoms with Crippen LogP contribution in [0.25, 0.3) is 0 Å². The number of Topliss-reactive ketones (excluding diaryl/α,β-unsaturated/α-hetero) is 1. The first-order valence-corrected chi connectivity index (χ1v) is 12.7. The second-order valence-corrected chi connectivity index (χ2v) is 10.1. The predicted octanol–water partition coefficient (Wildman–Crippen LogP) is 3.82. The summed E-state index contributed by atoms with van der Waals surface area (Å²) in [6.45, 7) is 0. The van der Waals surface area contributed by atoms with Crippen molar-refractivity contribution in [1.29, 1.82) is 0 Å². The maximum absolute atomic E-state index is 14.3. The molecule has 0 saturated carbocycles. The van der Waals surface area contributed by atoms with E-state index in [1.165, 1.54) is 18.3 Å². The Hall–Kier alpha value is -3.76. The van der Waals surface area contributed by atoms with Crippen LogP contribution in [0.1, 0.15) is 27.4 Å². The van der Waals surface area contributed by atoms with Crippen molar-refractivity contribution in [2.75, 3.05) is 24.1 Å². The van der Waals surface area contributed by atoms with Crippen LogP contribution in [0.4, 0.5) is 11.4 Å². The van der Waals surface area contributed by atoms with Gasteiger partial charge in [-0.2, -0.15) is 0 Å². The van der Waals surface area contributed by atoms with Crippen molar-refractivity contribution in [1.82, 2.24) is 9.88 Å². The molecule has 0 bridgehead atoms. The summed E-state index contributed by atoms with van der Waals surface area (Å²) < 4.78 is 5.49. The number of thioether (sulfide) groups is 1. The smallest absolute Gasteiger partial charge is 0.269 e. The number of nitro groups is 1. The van der Waals surface area contributed by atoms with E-state index in [2.05, 4.69) is 15.2 Å². The minimum atomic E-state index is -1.25. The first-order valence-electron chi connectivity index (χ1n) is 11.5. The number of methoxy groups -OCH3 is 1. The summed E-state index contributed by atoms with van der Waals surface area (Å²) in [6, 6.07) is 15.1. The van der Waals surface area contributed by atoms with Crippen LogP contribution in [0.2, 0.25) is 0 Å². The summed E-state index contributed by atoms with van der Waals surface area (Å²) >= 11 is 1.71. The van der Waals surface area contributed by atoms with Gasteiger partial charge in [0.1, 0.15) is 11.3 Å². The highest BCUT2D eigenvalue weighted by molar-refractivity contribution is 7.99. The minimum Gasteiger partial charge on any atom is -0.497 e. The lowest BCUT2D eigenvalue weighted by molar-refractivity contribution is -0.384. The number of nitrogens with zero attached hydrogens (tertiary/aromatic N) is 3. The van der Waals surface area contributed by atoms with Gasteiger partial charge in [-0.15, -0.1) is 11.8 Å². The van der Waals surface area contributed by atoms with Crippen molar-refractivity contribution in [3.05, 3.63) is 93.8 Å². The zero-order valence-corrected chi connectivity index (χ0v) is 20.1. The predicted molar refractivity (Wildman–Crippen MR) is 134 cm³/mol. The van der Waals surface area contributed by atoms with E-state index in [0.29, 0.717) is 28.4 Å². The summed E-state index contributed by atoms with van der Waals surface area (Å²) in [7, 11) is 1.57. The Bertz CT molecular complexity index is 1380. The number of hydrogen-bond acceptors (Lipinski definition) is 8. The second-order valence-electron chi connectivity index (χ2n) is 9.13. The highest BCUT2D eigenvalue weighted by Gasteiger charge is 2.69. The average molecular weight is 503 g/mol. The summed E-state index contributed by atoms with van der Waals surface area (Å²) in [5.74, 6) is 0.335. The largest absolute Gasteiger partial charge is 0.497 e. The van der Waals surface area contributed by atoms with Gasteiger partial charge in [-0.1, -0.05) is 12.1 Å². The molecule has 0 unspecified atom stereocenters. The zero-order valence-electron chi connectivity index (χ0n) is 19.3. The molecule has 0 aliphatic carbocycles. The fourth-order valence-corrected chi connectivity index (χ4v) is 7.39. The van der Waals surface area contributed by atoms with Crippen LogP contribution in [0.3, 0.4) is 0 Å². The highest BCUT2D eigenvalue weighted by Crippen LogP contribution is 2.61. The maximum atomic E-state index is 14.3. The molecule has 10 heteroatoms. The molecular weight excluding hydrogens is 480 g/mol. The Morgan fingerprint density at radius 2 is 2.06 bits per heavy atom. The third-order valence-corrected chi connectivity index (χ3v) is 8.58. The van der Waals surface area contributed by atoms with E-state index < -0.39 is 16.4 Å². The lowest BCUT2D eigenvalue weighted by Crippen LogP contribution is -2.52. The molecule has 1 aromatic heterocycles. The molecule has 3 aliphatic rings. The first kappa shape index (κ1) is 22.7. The monoisotopic (exact) mass is 502 g/mol. The molecule has 182 valence electrons.